The van der Waals surface area contributed by atoms with E-state index < -0.39 is 0 Å². The molecule has 0 saturated carbocycles. The molecule has 2 rings (SSSR count). The molecule has 0 aliphatic heterocycles. The molecule has 1 N–H and O–H groups in total. The van der Waals surface area contributed by atoms with E-state index in [1.54, 1.807) is 32.0 Å². The van der Waals surface area contributed by atoms with Crippen LogP contribution in [0, 0.1) is 13.8 Å². The second-order valence-corrected chi connectivity index (χ2v) is 5.65. The smallest absolute Gasteiger partial charge is 0.216 e. The fourth-order valence-electron chi connectivity index (χ4n) is 2.76. The van der Waals surface area contributed by atoms with Gasteiger partial charge in [0, 0.05) is 16.8 Å². The first-order chi connectivity index (χ1) is 11.9. The van der Waals surface area contributed by atoms with Gasteiger partial charge in [0.25, 0.3) is 0 Å². The normalized spacial score (nSPS) is 10.4. The third-order valence-electron chi connectivity index (χ3n) is 3.83. The Labute approximate surface area is 146 Å². The molecule has 6 nitrogen and oxygen atoms in total. The van der Waals surface area contributed by atoms with Gasteiger partial charge < -0.3 is 14.5 Å². The number of carbonyl (C=O) groups is 3. The molecule has 0 bridgehead atoms. The third kappa shape index (κ3) is 3.96. The van der Waals surface area contributed by atoms with Crippen LogP contribution in [-0.2, 0) is 0 Å². The van der Waals surface area contributed by atoms with Crippen molar-refractivity contribution < 1.29 is 23.9 Å². The van der Waals surface area contributed by atoms with Crippen LogP contribution in [0.15, 0.2) is 18.2 Å². The molecule has 0 atom stereocenters. The molecule has 0 aliphatic carbocycles. The number of nitrogens with one attached hydrogen (secondary N) is 1. The van der Waals surface area contributed by atoms with Gasteiger partial charge in [0.1, 0.15) is 6.29 Å². The molecule has 0 radical (unpaired) electrons. The maximum atomic E-state index is 12.5. The maximum absolute atomic E-state index is 12.5. The highest BCUT2D eigenvalue weighted by Gasteiger charge is 2.20. The second kappa shape index (κ2) is 7.79. The lowest BCUT2D eigenvalue weighted by Crippen LogP contribution is -2.14. The Morgan fingerprint density at radius 1 is 1.16 bits per heavy atom. The van der Waals surface area contributed by atoms with Gasteiger partial charge in [0.2, 0.25) is 5.78 Å². The molecule has 25 heavy (non-hydrogen) atoms. The van der Waals surface area contributed by atoms with Crippen LogP contribution in [0.2, 0.25) is 0 Å². The van der Waals surface area contributed by atoms with Gasteiger partial charge in [-0.1, -0.05) is 0 Å². The number of benzene rings is 1. The van der Waals surface area contributed by atoms with Gasteiger partial charge in [-0.05, 0) is 51.5 Å². The van der Waals surface area contributed by atoms with E-state index in [9.17, 15) is 14.4 Å². The zero-order chi connectivity index (χ0) is 18.6. The largest absolute Gasteiger partial charge is 0.490 e. The number of Topliss-reactive ketones (excluding diaryl/α,β-unsaturated/α-hetero) is 2. The lowest BCUT2D eigenvalue weighted by molar-refractivity contribution is 0.0913. The minimum absolute atomic E-state index is 0.0886. The van der Waals surface area contributed by atoms with Crippen LogP contribution in [0.5, 0.6) is 11.5 Å². The molecule has 0 amide bonds. The number of aryl methyl sites for hydroxylation is 1. The lowest BCUT2D eigenvalue weighted by Gasteiger charge is -2.12. The molecule has 0 spiro atoms. The number of hydrogen-bond acceptors (Lipinski definition) is 5. The number of aromatic amines is 1. The second-order valence-electron chi connectivity index (χ2n) is 5.65. The molecule has 132 valence electrons. The number of carbonyl (C=O) groups excluding carboxylic acids is 3. The molecular formula is C19H21NO5. The summed E-state index contributed by atoms with van der Waals surface area (Å²) in [6.07, 6.45) is 0.714. The quantitative estimate of drug-likeness (QED) is 0.587. The number of aromatic nitrogens is 1. The van der Waals surface area contributed by atoms with Crippen molar-refractivity contribution in [3.63, 3.8) is 0 Å². The van der Waals surface area contributed by atoms with Gasteiger partial charge in [-0.15, -0.1) is 0 Å². The van der Waals surface area contributed by atoms with Gasteiger partial charge in [0.05, 0.1) is 12.3 Å². The standard InChI is InChI=1S/C19H21NO5/c1-5-24-17-8-14(9-21)6-7-16(17)25-10-15(23)19-11(2)18(13(4)22)12(3)20-19/h6-9,20H,5,10H2,1-4H3. The van der Waals surface area contributed by atoms with Gasteiger partial charge in [-0.3, -0.25) is 14.4 Å². The van der Waals surface area contributed by atoms with Crippen molar-refractivity contribution in [1.29, 1.82) is 0 Å². The summed E-state index contributed by atoms with van der Waals surface area (Å²) in [5.74, 6) is 0.432. The number of aldehydes is 1. The van der Waals surface area contributed by atoms with E-state index in [4.69, 9.17) is 9.47 Å². The van der Waals surface area contributed by atoms with Crippen molar-refractivity contribution in [2.24, 2.45) is 0 Å². The lowest BCUT2D eigenvalue weighted by atomic mass is 10.1. The average molecular weight is 343 g/mol. The predicted molar refractivity (Wildman–Crippen MR) is 93.1 cm³/mol. The Balaban J connectivity index is 2.19. The van der Waals surface area contributed by atoms with Crippen LogP contribution in [-0.4, -0.2) is 36.1 Å². The first-order valence-corrected chi connectivity index (χ1v) is 7.97. The third-order valence-corrected chi connectivity index (χ3v) is 3.83. The highest BCUT2D eigenvalue weighted by atomic mass is 16.5. The van der Waals surface area contributed by atoms with Crippen molar-refractivity contribution >= 4 is 17.9 Å². The minimum atomic E-state index is -0.269. The first kappa shape index (κ1) is 18.4. The topological polar surface area (TPSA) is 85.5 Å². The number of rotatable bonds is 8. The highest BCUT2D eigenvalue weighted by molar-refractivity contribution is 6.03. The summed E-state index contributed by atoms with van der Waals surface area (Å²) in [7, 11) is 0. The van der Waals surface area contributed by atoms with E-state index in [-0.39, 0.29) is 18.2 Å². The van der Waals surface area contributed by atoms with E-state index in [1.807, 2.05) is 6.92 Å². The van der Waals surface area contributed by atoms with Gasteiger partial charge >= 0.3 is 0 Å². The van der Waals surface area contributed by atoms with Crippen molar-refractivity contribution in [1.82, 2.24) is 4.98 Å². The van der Waals surface area contributed by atoms with Gasteiger partial charge in [-0.2, -0.15) is 0 Å². The Bertz CT molecular complexity index is 819. The van der Waals surface area contributed by atoms with Crippen LogP contribution in [0.1, 0.15) is 56.3 Å². The van der Waals surface area contributed by atoms with Crippen molar-refractivity contribution in [2.45, 2.75) is 27.7 Å². The van der Waals surface area contributed by atoms with Crippen LogP contribution < -0.4 is 9.47 Å². The Morgan fingerprint density at radius 2 is 1.88 bits per heavy atom. The van der Waals surface area contributed by atoms with Crippen LogP contribution >= 0.6 is 0 Å². The number of H-pyrrole nitrogens is 1. The summed E-state index contributed by atoms with van der Waals surface area (Å²) in [5, 5.41) is 0. The van der Waals surface area contributed by atoms with Gasteiger partial charge in [0.15, 0.2) is 23.9 Å². The van der Waals surface area contributed by atoms with Crippen molar-refractivity contribution in [3.05, 3.63) is 46.3 Å². The number of hydrogen-bond donors (Lipinski definition) is 1. The van der Waals surface area contributed by atoms with E-state index >= 15 is 0 Å². The zero-order valence-corrected chi connectivity index (χ0v) is 14.8. The summed E-state index contributed by atoms with van der Waals surface area (Å²) >= 11 is 0. The first-order valence-electron chi connectivity index (χ1n) is 7.97. The number of ketones is 2. The molecule has 1 heterocycles. The van der Waals surface area contributed by atoms with Crippen LogP contribution in [0.3, 0.4) is 0 Å². The molecular weight excluding hydrogens is 322 g/mol. The summed E-state index contributed by atoms with van der Waals surface area (Å²) in [6.45, 7) is 6.97. The predicted octanol–water partition coefficient (Wildman–Crippen LogP) is 3.31. The van der Waals surface area contributed by atoms with Crippen LogP contribution in [0.4, 0.5) is 0 Å². The molecule has 0 saturated heterocycles. The van der Waals surface area contributed by atoms with E-state index in [0.717, 1.165) is 0 Å². The molecule has 1 aromatic heterocycles. The summed E-state index contributed by atoms with van der Waals surface area (Å²) in [6, 6.07) is 4.75. The molecule has 0 fully saturated rings. The molecule has 1 aromatic carbocycles. The average Bonchev–Trinajstić information content (AvgIpc) is 2.88. The van der Waals surface area contributed by atoms with Crippen molar-refractivity contribution in [2.75, 3.05) is 13.2 Å². The highest BCUT2D eigenvalue weighted by Crippen LogP contribution is 2.28. The molecule has 0 aliphatic rings. The van der Waals surface area contributed by atoms with Crippen LogP contribution in [0.25, 0.3) is 0 Å². The molecule has 0 unspecified atom stereocenters. The maximum Gasteiger partial charge on any atom is 0.216 e. The zero-order valence-electron chi connectivity index (χ0n) is 14.8. The summed E-state index contributed by atoms with van der Waals surface area (Å²) in [5.41, 5.74) is 2.65. The van der Waals surface area contributed by atoms with Gasteiger partial charge in [-0.25, -0.2) is 0 Å². The van der Waals surface area contributed by atoms with E-state index in [0.29, 0.717) is 52.5 Å². The summed E-state index contributed by atoms with van der Waals surface area (Å²) < 4.78 is 11.0. The monoisotopic (exact) mass is 343 g/mol. The fraction of sp³-hybridized carbons (Fsp3) is 0.316. The van der Waals surface area contributed by atoms with E-state index in [2.05, 4.69) is 4.98 Å². The Hall–Kier alpha value is -2.89. The SMILES string of the molecule is CCOc1cc(C=O)ccc1OCC(=O)c1[nH]c(C)c(C(C)=O)c1C. The Kier molecular flexibility index (Phi) is 5.75. The molecule has 6 heteroatoms. The van der Waals surface area contributed by atoms with Crippen molar-refractivity contribution in [3.8, 4) is 11.5 Å². The Morgan fingerprint density at radius 3 is 2.44 bits per heavy atom. The fourth-order valence-corrected chi connectivity index (χ4v) is 2.76. The summed E-state index contributed by atoms with van der Waals surface area (Å²) in [4.78, 5) is 38.0. The number of ether oxygens (including phenoxy) is 2. The minimum Gasteiger partial charge on any atom is -0.490 e. The van der Waals surface area contributed by atoms with E-state index in [1.165, 1.54) is 6.92 Å². The molecule has 2 aromatic rings.